The number of alkyl halides is 3. The molecule has 9 heteroatoms. The van der Waals surface area contributed by atoms with Crippen LogP contribution in [0.4, 0.5) is 13.2 Å². The number of halogens is 3. The number of carbonyl (C=O) groups excluding carboxylic acids is 1. The van der Waals surface area contributed by atoms with Gasteiger partial charge in [0.1, 0.15) is 0 Å². The lowest BCUT2D eigenvalue weighted by Gasteiger charge is -2.25. The van der Waals surface area contributed by atoms with Gasteiger partial charge in [-0.25, -0.2) is 9.50 Å². The Hall–Kier alpha value is -3.20. The van der Waals surface area contributed by atoms with Gasteiger partial charge in [0.15, 0.2) is 17.0 Å². The molecule has 0 N–H and O–H groups in total. The minimum Gasteiger partial charge on any atom is -0.330 e. The molecule has 5 nitrogen and oxygen atoms in total. The van der Waals surface area contributed by atoms with E-state index in [1.54, 1.807) is 22.4 Å². The van der Waals surface area contributed by atoms with Crippen molar-refractivity contribution in [2.75, 3.05) is 6.54 Å². The summed E-state index contributed by atoms with van der Waals surface area (Å²) in [5.74, 6) is -0.382. The number of benzene rings is 1. The monoisotopic (exact) mass is 456 g/mol. The minimum absolute atomic E-state index is 0.00165. The largest absolute Gasteiger partial charge is 0.433 e. The molecule has 0 spiro atoms. The molecule has 1 unspecified atom stereocenters. The van der Waals surface area contributed by atoms with E-state index >= 15 is 0 Å². The molecule has 1 fully saturated rings. The van der Waals surface area contributed by atoms with Gasteiger partial charge in [-0.2, -0.15) is 18.3 Å². The fraction of sp³-hybridized carbons (Fsp3) is 0.261. The van der Waals surface area contributed by atoms with E-state index in [0.717, 1.165) is 34.6 Å². The van der Waals surface area contributed by atoms with Gasteiger partial charge in [-0.1, -0.05) is 30.3 Å². The fourth-order valence-electron chi connectivity index (χ4n) is 4.27. The predicted molar refractivity (Wildman–Crippen MR) is 115 cm³/mol. The molecular weight excluding hydrogens is 437 g/mol. The van der Waals surface area contributed by atoms with E-state index in [4.69, 9.17) is 0 Å². The van der Waals surface area contributed by atoms with Crippen molar-refractivity contribution in [3.8, 4) is 10.6 Å². The Labute approximate surface area is 186 Å². The molecule has 1 aliphatic heterocycles. The van der Waals surface area contributed by atoms with Crippen LogP contribution in [0.3, 0.4) is 0 Å². The average Bonchev–Trinajstić information content (AvgIpc) is 3.52. The second-order valence-electron chi connectivity index (χ2n) is 7.81. The number of hydrogen-bond acceptors (Lipinski definition) is 4. The van der Waals surface area contributed by atoms with Crippen LogP contribution in [0, 0.1) is 6.92 Å². The van der Waals surface area contributed by atoms with Gasteiger partial charge in [0.2, 0.25) is 0 Å². The first-order valence-electron chi connectivity index (χ1n) is 10.2. The van der Waals surface area contributed by atoms with Gasteiger partial charge in [-0.3, -0.25) is 4.79 Å². The molecule has 0 radical (unpaired) electrons. The van der Waals surface area contributed by atoms with E-state index < -0.39 is 11.9 Å². The van der Waals surface area contributed by atoms with Crippen LogP contribution in [-0.4, -0.2) is 31.9 Å². The molecule has 1 atom stereocenters. The molecule has 1 aliphatic rings. The Balaban J connectivity index is 1.57. The molecular formula is C23H19F3N4OS. The standard InChI is InChI=1S/C23H19F3N4OS/c1-14-6-2-3-7-15(14)18-8-4-10-29(18)22(31)17-13-21-27-16(19-9-5-11-32-19)12-20(23(24,25)26)30(21)28-17/h2-3,5-7,9,11-13,18H,4,8,10H2,1H3. The van der Waals surface area contributed by atoms with Gasteiger partial charge in [0, 0.05) is 12.6 Å². The van der Waals surface area contributed by atoms with Crippen LogP contribution in [0.2, 0.25) is 0 Å². The molecule has 164 valence electrons. The topological polar surface area (TPSA) is 50.5 Å². The van der Waals surface area contributed by atoms with Crippen LogP contribution in [-0.2, 0) is 6.18 Å². The summed E-state index contributed by atoms with van der Waals surface area (Å²) in [6.07, 6.45) is -3.01. The number of amides is 1. The molecule has 4 aromatic rings. The van der Waals surface area contributed by atoms with Gasteiger partial charge < -0.3 is 4.90 Å². The Kier molecular flexibility index (Phi) is 5.00. The highest BCUT2D eigenvalue weighted by atomic mass is 32.1. The van der Waals surface area contributed by atoms with Gasteiger partial charge in [0.25, 0.3) is 5.91 Å². The number of likely N-dealkylation sites (tertiary alicyclic amines) is 1. The SMILES string of the molecule is Cc1ccccc1C1CCCN1C(=O)c1cc2nc(-c3cccs3)cc(C(F)(F)F)n2n1. The Morgan fingerprint density at radius 3 is 2.69 bits per heavy atom. The van der Waals surface area contributed by atoms with Crippen molar-refractivity contribution in [2.45, 2.75) is 32.0 Å². The highest BCUT2D eigenvalue weighted by Gasteiger charge is 2.37. The zero-order valence-corrected chi connectivity index (χ0v) is 18.0. The Morgan fingerprint density at radius 2 is 1.97 bits per heavy atom. The van der Waals surface area contributed by atoms with Gasteiger partial charge in [-0.15, -0.1) is 11.3 Å². The van der Waals surface area contributed by atoms with Crippen LogP contribution in [0.15, 0.2) is 53.9 Å². The summed E-state index contributed by atoms with van der Waals surface area (Å²) in [6.45, 7) is 2.53. The van der Waals surface area contributed by atoms with Crippen LogP contribution >= 0.6 is 11.3 Å². The second-order valence-corrected chi connectivity index (χ2v) is 8.76. The van der Waals surface area contributed by atoms with Crippen molar-refractivity contribution < 1.29 is 18.0 Å². The van der Waals surface area contributed by atoms with E-state index in [-0.39, 0.29) is 29.0 Å². The number of thiophene rings is 1. The maximum absolute atomic E-state index is 13.8. The van der Waals surface area contributed by atoms with Gasteiger partial charge >= 0.3 is 6.18 Å². The summed E-state index contributed by atoms with van der Waals surface area (Å²) in [5.41, 5.74) is 1.34. The summed E-state index contributed by atoms with van der Waals surface area (Å²) in [7, 11) is 0. The number of rotatable bonds is 3. The number of carbonyl (C=O) groups is 1. The summed E-state index contributed by atoms with van der Waals surface area (Å²) >= 11 is 1.30. The maximum atomic E-state index is 13.8. The Morgan fingerprint density at radius 1 is 1.16 bits per heavy atom. The third-order valence-corrected chi connectivity index (χ3v) is 6.66. The van der Waals surface area contributed by atoms with E-state index in [2.05, 4.69) is 10.1 Å². The zero-order chi connectivity index (χ0) is 22.5. The maximum Gasteiger partial charge on any atom is 0.433 e. The number of aromatic nitrogens is 3. The normalized spacial score (nSPS) is 16.8. The van der Waals surface area contributed by atoms with Crippen molar-refractivity contribution in [1.82, 2.24) is 19.5 Å². The number of aryl methyl sites for hydroxylation is 1. The van der Waals surface area contributed by atoms with E-state index in [0.29, 0.717) is 11.4 Å². The molecule has 1 saturated heterocycles. The van der Waals surface area contributed by atoms with Crippen LogP contribution < -0.4 is 0 Å². The zero-order valence-electron chi connectivity index (χ0n) is 17.1. The first kappa shape index (κ1) is 20.7. The molecule has 4 heterocycles. The van der Waals surface area contributed by atoms with Crippen molar-refractivity contribution in [1.29, 1.82) is 0 Å². The highest BCUT2D eigenvalue weighted by Crippen LogP contribution is 2.36. The van der Waals surface area contributed by atoms with Gasteiger partial charge in [0.05, 0.1) is 16.6 Å². The lowest BCUT2D eigenvalue weighted by Crippen LogP contribution is -2.31. The highest BCUT2D eigenvalue weighted by molar-refractivity contribution is 7.13. The molecule has 1 aromatic carbocycles. The summed E-state index contributed by atoms with van der Waals surface area (Å²) in [5, 5.41) is 5.82. The Bertz CT molecular complexity index is 1300. The molecule has 0 aliphatic carbocycles. The van der Waals surface area contributed by atoms with Crippen LogP contribution in [0.5, 0.6) is 0 Å². The van der Waals surface area contributed by atoms with Gasteiger partial charge in [-0.05, 0) is 48.4 Å². The molecule has 0 saturated carbocycles. The quantitative estimate of drug-likeness (QED) is 0.394. The van der Waals surface area contributed by atoms with Crippen molar-refractivity contribution >= 4 is 22.9 Å². The molecule has 3 aromatic heterocycles. The lowest BCUT2D eigenvalue weighted by atomic mass is 9.99. The smallest absolute Gasteiger partial charge is 0.330 e. The second kappa shape index (κ2) is 7.74. The number of fused-ring (bicyclic) bond motifs is 1. The van der Waals surface area contributed by atoms with E-state index in [1.807, 2.05) is 31.2 Å². The summed E-state index contributed by atoms with van der Waals surface area (Å²) in [6, 6.07) is 13.5. The molecule has 0 bridgehead atoms. The third-order valence-electron chi connectivity index (χ3n) is 5.77. The predicted octanol–water partition coefficient (Wildman–Crippen LogP) is 5.76. The molecule has 5 rings (SSSR count). The van der Waals surface area contributed by atoms with Crippen molar-refractivity contribution in [3.05, 3.63) is 76.4 Å². The number of nitrogens with zero attached hydrogens (tertiary/aromatic N) is 4. The van der Waals surface area contributed by atoms with Crippen LogP contribution in [0.25, 0.3) is 16.2 Å². The summed E-state index contributed by atoms with van der Waals surface area (Å²) < 4.78 is 42.1. The first-order valence-corrected chi connectivity index (χ1v) is 11.1. The fourth-order valence-corrected chi connectivity index (χ4v) is 4.96. The lowest BCUT2D eigenvalue weighted by molar-refractivity contribution is -0.142. The van der Waals surface area contributed by atoms with E-state index in [9.17, 15) is 18.0 Å². The molecule has 1 amide bonds. The third kappa shape index (κ3) is 3.56. The van der Waals surface area contributed by atoms with E-state index in [1.165, 1.54) is 17.4 Å². The van der Waals surface area contributed by atoms with Crippen molar-refractivity contribution in [3.63, 3.8) is 0 Å². The first-order chi connectivity index (χ1) is 15.3. The minimum atomic E-state index is -4.64. The van der Waals surface area contributed by atoms with Crippen molar-refractivity contribution in [2.24, 2.45) is 0 Å². The summed E-state index contributed by atoms with van der Waals surface area (Å²) in [4.78, 5) is 20.0. The van der Waals surface area contributed by atoms with Crippen LogP contribution in [0.1, 0.15) is 46.2 Å². The number of hydrogen-bond donors (Lipinski definition) is 0. The molecule has 32 heavy (non-hydrogen) atoms. The average molecular weight is 456 g/mol.